The minimum absolute atomic E-state index is 0.335. The van der Waals surface area contributed by atoms with Gasteiger partial charge >= 0.3 is 5.97 Å². The highest BCUT2D eigenvalue weighted by molar-refractivity contribution is 5.95. The van der Waals surface area contributed by atoms with Gasteiger partial charge in [-0.25, -0.2) is 10.2 Å². The maximum absolute atomic E-state index is 12.7. The van der Waals surface area contributed by atoms with E-state index in [2.05, 4.69) is 46.3 Å². The number of nitrogens with one attached hydrogen (secondary N) is 1. The van der Waals surface area contributed by atoms with Crippen LogP contribution in [0.15, 0.2) is 107 Å². The molecular weight excluding hydrogens is 490 g/mol. The quantitative estimate of drug-likeness (QED) is 0.150. The number of hydrazone groups is 1. The van der Waals surface area contributed by atoms with Crippen molar-refractivity contribution in [3.05, 3.63) is 125 Å². The predicted octanol–water partition coefficient (Wildman–Crippen LogP) is 6.57. The molecule has 0 atom stereocenters. The van der Waals surface area contributed by atoms with Crippen LogP contribution in [0.2, 0.25) is 0 Å². The molecule has 3 aromatic carbocycles. The van der Waals surface area contributed by atoms with E-state index in [9.17, 15) is 9.59 Å². The summed E-state index contributed by atoms with van der Waals surface area (Å²) in [6.07, 6.45) is 1.44. The number of aromatic nitrogens is 1. The van der Waals surface area contributed by atoms with Crippen molar-refractivity contribution in [2.45, 2.75) is 13.8 Å². The first kappa shape index (κ1) is 25.5. The first-order valence-corrected chi connectivity index (χ1v) is 12.4. The Kier molecular flexibility index (Phi) is 7.23. The number of hydrogen-bond donors (Lipinski definition) is 1. The van der Waals surface area contributed by atoms with Crippen LogP contribution in [0.25, 0.3) is 28.3 Å². The first-order valence-electron chi connectivity index (χ1n) is 12.4. The molecule has 194 valence electrons. The minimum atomic E-state index is -0.416. The first-order chi connectivity index (χ1) is 18.9. The molecule has 0 saturated carbocycles. The topological polar surface area (TPSA) is 85.8 Å². The molecule has 1 amide bonds. The highest BCUT2D eigenvalue weighted by atomic mass is 16.5. The van der Waals surface area contributed by atoms with E-state index in [0.717, 1.165) is 33.8 Å². The maximum Gasteiger partial charge on any atom is 0.337 e. The van der Waals surface area contributed by atoms with Crippen LogP contribution in [0.1, 0.15) is 37.7 Å². The third-order valence-corrected chi connectivity index (χ3v) is 6.44. The van der Waals surface area contributed by atoms with Crippen LogP contribution in [0.5, 0.6) is 0 Å². The van der Waals surface area contributed by atoms with Gasteiger partial charge in [-0.15, -0.1) is 0 Å². The molecule has 39 heavy (non-hydrogen) atoms. The number of methoxy groups -OCH3 is 1. The molecule has 0 saturated heterocycles. The van der Waals surface area contributed by atoms with Crippen LogP contribution in [-0.2, 0) is 4.74 Å². The fraction of sp³-hybridized carbons (Fsp3) is 0.0938. The van der Waals surface area contributed by atoms with E-state index in [1.54, 1.807) is 36.4 Å². The number of carbonyl (C=O) groups excluding carboxylic acids is 2. The van der Waals surface area contributed by atoms with Crippen LogP contribution in [0, 0.1) is 13.8 Å². The van der Waals surface area contributed by atoms with Crippen molar-refractivity contribution in [1.82, 2.24) is 9.99 Å². The number of carbonyl (C=O) groups is 2. The van der Waals surface area contributed by atoms with Gasteiger partial charge in [-0.2, -0.15) is 5.10 Å². The van der Waals surface area contributed by atoms with Crippen molar-refractivity contribution in [3.8, 4) is 28.3 Å². The van der Waals surface area contributed by atoms with Crippen LogP contribution in [0.4, 0.5) is 0 Å². The zero-order valence-electron chi connectivity index (χ0n) is 21.8. The summed E-state index contributed by atoms with van der Waals surface area (Å²) in [4.78, 5) is 24.6. The number of rotatable bonds is 7. The average molecular weight is 518 g/mol. The monoisotopic (exact) mass is 517 g/mol. The van der Waals surface area contributed by atoms with Crippen LogP contribution >= 0.6 is 0 Å². The molecule has 5 rings (SSSR count). The molecule has 0 spiro atoms. The molecule has 0 fully saturated rings. The number of amides is 1. The molecule has 0 bridgehead atoms. The Bertz CT molecular complexity index is 1660. The number of nitrogens with zero attached hydrogens (tertiary/aromatic N) is 2. The summed E-state index contributed by atoms with van der Waals surface area (Å²) in [5.41, 5.74) is 9.45. The maximum atomic E-state index is 12.7. The smallest absolute Gasteiger partial charge is 0.337 e. The zero-order chi connectivity index (χ0) is 27.4. The zero-order valence-corrected chi connectivity index (χ0v) is 21.8. The van der Waals surface area contributed by atoms with Gasteiger partial charge in [-0.05, 0) is 85.6 Å². The lowest BCUT2D eigenvalue weighted by Gasteiger charge is -2.12. The van der Waals surface area contributed by atoms with Gasteiger partial charge in [0.05, 0.1) is 24.6 Å². The largest absolute Gasteiger partial charge is 0.465 e. The molecule has 0 radical (unpaired) electrons. The van der Waals surface area contributed by atoms with Crippen molar-refractivity contribution in [2.24, 2.45) is 5.10 Å². The standard InChI is InChI=1S/C32H27N3O4/c1-21-9-11-25(32(37)38-3)19-28(21)30-18-16-27(39-30)20-33-34-31(36)24-12-14-26(15-13-24)35-22(2)10-17-29(35)23-7-5-4-6-8-23/h4-20H,1-3H3,(H,34,36)/b33-20+. The lowest BCUT2D eigenvalue weighted by atomic mass is 10.0. The molecule has 5 aromatic rings. The second kappa shape index (κ2) is 11.1. The van der Waals surface area contributed by atoms with Crippen LogP contribution in [-0.4, -0.2) is 29.8 Å². The Hall–Kier alpha value is -5.17. The van der Waals surface area contributed by atoms with E-state index in [1.165, 1.54) is 13.3 Å². The molecular formula is C32H27N3O4. The van der Waals surface area contributed by atoms with E-state index >= 15 is 0 Å². The van der Waals surface area contributed by atoms with E-state index in [4.69, 9.17) is 9.15 Å². The highest BCUT2D eigenvalue weighted by Gasteiger charge is 2.13. The number of ether oxygens (including phenoxy) is 1. The summed E-state index contributed by atoms with van der Waals surface area (Å²) >= 11 is 0. The van der Waals surface area contributed by atoms with Crippen molar-refractivity contribution < 1.29 is 18.7 Å². The molecule has 0 unspecified atom stereocenters. The van der Waals surface area contributed by atoms with E-state index in [1.807, 2.05) is 43.3 Å². The number of aryl methyl sites for hydroxylation is 2. The van der Waals surface area contributed by atoms with Crippen molar-refractivity contribution >= 4 is 18.1 Å². The summed E-state index contributed by atoms with van der Waals surface area (Å²) in [6, 6.07) is 30.5. The minimum Gasteiger partial charge on any atom is -0.465 e. The second-order valence-electron chi connectivity index (χ2n) is 9.03. The average Bonchev–Trinajstić information content (AvgIpc) is 3.60. The Morgan fingerprint density at radius 3 is 2.36 bits per heavy atom. The van der Waals surface area contributed by atoms with Crippen molar-refractivity contribution in [2.75, 3.05) is 7.11 Å². The molecule has 1 N–H and O–H groups in total. The van der Waals surface area contributed by atoms with Crippen molar-refractivity contribution in [1.29, 1.82) is 0 Å². The van der Waals surface area contributed by atoms with E-state index in [0.29, 0.717) is 22.6 Å². The van der Waals surface area contributed by atoms with Crippen molar-refractivity contribution in [3.63, 3.8) is 0 Å². The summed E-state index contributed by atoms with van der Waals surface area (Å²) in [5, 5.41) is 4.05. The van der Waals surface area contributed by atoms with Gasteiger partial charge in [-0.3, -0.25) is 4.79 Å². The molecule has 0 aliphatic heterocycles. The predicted molar refractivity (Wildman–Crippen MR) is 151 cm³/mol. The number of hydrogen-bond acceptors (Lipinski definition) is 5. The molecule has 2 aromatic heterocycles. The van der Waals surface area contributed by atoms with Gasteiger partial charge in [0.2, 0.25) is 0 Å². The Labute approximate surface area is 226 Å². The summed E-state index contributed by atoms with van der Waals surface area (Å²) < 4.78 is 12.8. The van der Waals surface area contributed by atoms with Gasteiger partial charge in [0.1, 0.15) is 11.5 Å². The molecule has 2 heterocycles. The number of esters is 1. The molecule has 7 nitrogen and oxygen atoms in total. The van der Waals surface area contributed by atoms with Gasteiger partial charge in [0, 0.05) is 22.5 Å². The van der Waals surface area contributed by atoms with Gasteiger partial charge < -0.3 is 13.7 Å². The van der Waals surface area contributed by atoms with E-state index < -0.39 is 5.97 Å². The second-order valence-corrected chi connectivity index (χ2v) is 9.03. The van der Waals surface area contributed by atoms with Gasteiger partial charge in [0.25, 0.3) is 5.91 Å². The van der Waals surface area contributed by atoms with Gasteiger partial charge in [0.15, 0.2) is 0 Å². The molecule has 0 aliphatic rings. The molecule has 0 aliphatic carbocycles. The number of benzene rings is 3. The Morgan fingerprint density at radius 2 is 1.62 bits per heavy atom. The normalized spacial score (nSPS) is 11.1. The lowest BCUT2D eigenvalue weighted by Crippen LogP contribution is -2.17. The SMILES string of the molecule is COC(=O)c1ccc(C)c(-c2ccc(/C=N/NC(=O)c3ccc(-n4c(C)ccc4-c4ccccc4)cc3)o2)c1. The van der Waals surface area contributed by atoms with Crippen LogP contribution in [0.3, 0.4) is 0 Å². The van der Waals surface area contributed by atoms with Crippen LogP contribution < -0.4 is 5.43 Å². The number of furan rings is 1. The highest BCUT2D eigenvalue weighted by Crippen LogP contribution is 2.28. The Morgan fingerprint density at radius 1 is 0.872 bits per heavy atom. The third-order valence-electron chi connectivity index (χ3n) is 6.44. The lowest BCUT2D eigenvalue weighted by molar-refractivity contribution is 0.0600. The summed E-state index contributed by atoms with van der Waals surface area (Å²) in [6.45, 7) is 3.98. The van der Waals surface area contributed by atoms with Gasteiger partial charge in [-0.1, -0.05) is 36.4 Å². The fourth-order valence-corrected chi connectivity index (χ4v) is 4.40. The Balaban J connectivity index is 1.27. The molecule has 7 heteroatoms. The summed E-state index contributed by atoms with van der Waals surface area (Å²) in [7, 11) is 1.34. The summed E-state index contributed by atoms with van der Waals surface area (Å²) in [5.74, 6) is 0.288. The fourth-order valence-electron chi connectivity index (χ4n) is 4.40. The third kappa shape index (κ3) is 5.43. The van der Waals surface area contributed by atoms with E-state index in [-0.39, 0.29) is 5.91 Å².